The van der Waals surface area contributed by atoms with E-state index in [1.807, 2.05) is 0 Å². The van der Waals surface area contributed by atoms with Gasteiger partial charge in [0.15, 0.2) is 0 Å². The third kappa shape index (κ3) is 6.63. The van der Waals surface area contributed by atoms with E-state index in [4.69, 9.17) is 10.5 Å². The summed E-state index contributed by atoms with van der Waals surface area (Å²) in [6.07, 6.45) is 5.93. The molecule has 41 heavy (non-hydrogen) atoms. The number of nitrogen functional groups attached to an aromatic ring is 1. The van der Waals surface area contributed by atoms with Gasteiger partial charge < -0.3 is 25.6 Å². The molecule has 1 saturated heterocycles. The third-order valence-corrected chi connectivity index (χ3v) is 9.96. The number of nitrogens with zero attached hydrogens (tertiary/aromatic N) is 5. The molecule has 0 aliphatic carbocycles. The summed E-state index contributed by atoms with van der Waals surface area (Å²) in [4.78, 5) is 35.5. The van der Waals surface area contributed by atoms with Crippen molar-refractivity contribution in [3.05, 3.63) is 47.3 Å². The summed E-state index contributed by atoms with van der Waals surface area (Å²) in [7, 11) is 0.901. The molecule has 0 saturated carbocycles. The van der Waals surface area contributed by atoms with E-state index in [0.29, 0.717) is 41.5 Å². The van der Waals surface area contributed by atoms with Crippen LogP contribution in [0.25, 0.3) is 10.9 Å². The average Bonchev–Trinajstić information content (AvgIpc) is 3.36. The fourth-order valence-corrected chi connectivity index (χ4v) is 6.55. The second-order valence-corrected chi connectivity index (χ2v) is 18.6. The molecule has 0 unspecified atom stereocenters. The maximum absolute atomic E-state index is 13.7. The molecule has 2 atom stereocenters. The molecule has 4 heterocycles. The molecule has 0 spiro atoms. The van der Waals surface area contributed by atoms with Crippen LogP contribution in [0, 0.1) is 5.92 Å². The number of aromatic nitrogens is 3. The van der Waals surface area contributed by atoms with Gasteiger partial charge in [-0.3, -0.25) is 9.59 Å². The fourth-order valence-electron chi connectivity index (χ4n) is 5.79. The van der Waals surface area contributed by atoms with Gasteiger partial charge in [-0.2, -0.15) is 5.10 Å². The quantitative estimate of drug-likeness (QED) is 0.245. The van der Waals surface area contributed by atoms with E-state index in [0.717, 1.165) is 44.0 Å². The van der Waals surface area contributed by atoms with Crippen LogP contribution in [-0.2, 0) is 34.0 Å². The van der Waals surface area contributed by atoms with Crippen molar-refractivity contribution in [2.75, 3.05) is 37.8 Å². The maximum atomic E-state index is 13.7. The molecule has 0 radical (unpaired) electrons. The van der Waals surface area contributed by atoms with Crippen molar-refractivity contribution in [2.24, 2.45) is 5.92 Å². The molecule has 3 aromatic rings. The van der Waals surface area contributed by atoms with Gasteiger partial charge in [0.05, 0.1) is 35.0 Å². The van der Waals surface area contributed by atoms with E-state index in [1.54, 1.807) is 15.8 Å². The monoisotopic (exact) mass is 577 g/mol. The minimum absolute atomic E-state index is 0.135. The summed E-state index contributed by atoms with van der Waals surface area (Å²) >= 11 is 0. The van der Waals surface area contributed by atoms with Gasteiger partial charge in [0, 0.05) is 34.3 Å². The number of amides is 2. The van der Waals surface area contributed by atoms with Crippen molar-refractivity contribution in [2.45, 2.75) is 71.2 Å². The Kier molecular flexibility index (Phi) is 8.49. The second kappa shape index (κ2) is 11.9. The van der Waals surface area contributed by atoms with Crippen molar-refractivity contribution >= 4 is 42.3 Å². The van der Waals surface area contributed by atoms with Gasteiger partial charge in [-0.25, -0.2) is 9.67 Å². The number of rotatable bonds is 7. The predicted octanol–water partition coefficient (Wildman–Crippen LogP) is 4.25. The molecule has 2 aliphatic rings. The topological polar surface area (TPSA) is 119 Å². The first kappa shape index (κ1) is 29.2. The predicted molar refractivity (Wildman–Crippen MR) is 164 cm³/mol. The Bertz CT molecular complexity index is 1430. The third-order valence-electron chi connectivity index (χ3n) is 8.25. The number of anilines is 2. The first-order chi connectivity index (χ1) is 19.5. The molecule has 2 aromatic heterocycles. The van der Waals surface area contributed by atoms with Crippen LogP contribution >= 0.6 is 0 Å². The number of hydrogen-bond acceptors (Lipinski definition) is 7. The van der Waals surface area contributed by atoms with Crippen molar-refractivity contribution in [1.29, 1.82) is 0 Å². The van der Waals surface area contributed by atoms with Crippen LogP contribution in [0.4, 0.5) is 11.5 Å². The van der Waals surface area contributed by atoms with E-state index < -0.39 is 19.9 Å². The van der Waals surface area contributed by atoms with Crippen molar-refractivity contribution in [3.63, 3.8) is 0 Å². The summed E-state index contributed by atoms with van der Waals surface area (Å²) < 4.78 is 7.57. The summed E-state index contributed by atoms with van der Waals surface area (Å²) in [5, 5.41) is 7.86. The summed E-state index contributed by atoms with van der Waals surface area (Å²) in [6.45, 7) is 12.4. The highest BCUT2D eigenvalue weighted by atomic mass is 28.3. The fraction of sp³-hybridized carbons (Fsp3) is 0.533. The van der Waals surface area contributed by atoms with Crippen molar-refractivity contribution < 1.29 is 14.3 Å². The number of benzene rings is 1. The van der Waals surface area contributed by atoms with E-state index in [9.17, 15) is 9.59 Å². The number of carbonyl (C=O) groups is 2. The van der Waals surface area contributed by atoms with Crippen LogP contribution in [0.3, 0.4) is 0 Å². The van der Waals surface area contributed by atoms with E-state index in [-0.39, 0.29) is 12.8 Å². The van der Waals surface area contributed by atoms with Crippen LogP contribution in [0.5, 0.6) is 0 Å². The Morgan fingerprint density at radius 1 is 1.17 bits per heavy atom. The van der Waals surface area contributed by atoms with E-state index >= 15 is 0 Å². The van der Waals surface area contributed by atoms with E-state index in [2.05, 4.69) is 72.1 Å². The lowest BCUT2D eigenvalue weighted by Gasteiger charge is -2.39. The molecule has 5 rings (SSSR count). The first-order valence-electron chi connectivity index (χ1n) is 14.6. The molecule has 2 amide bonds. The zero-order valence-electron chi connectivity index (χ0n) is 24.9. The normalized spacial score (nSPS) is 19.8. The smallest absolute Gasteiger partial charge is 0.314 e. The van der Waals surface area contributed by atoms with Crippen molar-refractivity contribution in [3.8, 4) is 0 Å². The Labute approximate surface area is 243 Å². The average molecular weight is 578 g/mol. The van der Waals surface area contributed by atoms with Gasteiger partial charge in [-0.1, -0.05) is 44.8 Å². The van der Waals surface area contributed by atoms with Gasteiger partial charge in [0.1, 0.15) is 12.5 Å². The Morgan fingerprint density at radius 2 is 1.98 bits per heavy atom. The van der Waals surface area contributed by atoms with Crippen LogP contribution in [0.1, 0.15) is 42.5 Å². The number of piperidine rings is 1. The summed E-state index contributed by atoms with van der Waals surface area (Å²) in [6, 6.07) is 7.46. The highest BCUT2D eigenvalue weighted by Gasteiger charge is 2.35. The largest absolute Gasteiger partial charge is 0.383 e. The second-order valence-electron chi connectivity index (χ2n) is 12.9. The van der Waals surface area contributed by atoms with Crippen molar-refractivity contribution in [1.82, 2.24) is 24.6 Å². The van der Waals surface area contributed by atoms with Crippen LogP contribution in [0.15, 0.2) is 30.6 Å². The number of pyridine rings is 1. The molecule has 11 heteroatoms. The lowest BCUT2D eigenvalue weighted by Crippen LogP contribution is -2.46. The van der Waals surface area contributed by atoms with Crippen LogP contribution in [-0.4, -0.2) is 71.2 Å². The SMILES string of the molecule is C[C@H]1CC[C@H](c2ccc3c(c2)CCN(C)C3)N(C(=O)C(=O)Nc2cnc(N)c3cnn(COCC[Si](C)(C)C)c23)C1. The molecule has 10 nitrogen and oxygen atoms in total. The molecule has 220 valence electrons. The number of fused-ring (bicyclic) bond motifs is 2. The highest BCUT2D eigenvalue weighted by molar-refractivity contribution is 6.76. The molecule has 2 aliphatic heterocycles. The highest BCUT2D eigenvalue weighted by Crippen LogP contribution is 2.35. The number of carbonyl (C=O) groups excluding carboxylic acids is 2. The molecule has 1 aromatic carbocycles. The molecule has 3 N–H and O–H groups in total. The Hall–Kier alpha value is -3.28. The molecular weight excluding hydrogens is 534 g/mol. The lowest BCUT2D eigenvalue weighted by molar-refractivity contribution is -0.146. The zero-order valence-corrected chi connectivity index (χ0v) is 25.9. The van der Waals surface area contributed by atoms with Crippen LogP contribution in [0.2, 0.25) is 25.7 Å². The number of hydrogen-bond donors (Lipinski definition) is 2. The summed E-state index contributed by atoms with van der Waals surface area (Å²) in [5.41, 5.74) is 10.9. The number of likely N-dealkylation sites (tertiary alicyclic amines) is 1. The first-order valence-corrected chi connectivity index (χ1v) is 18.3. The summed E-state index contributed by atoms with van der Waals surface area (Å²) in [5.74, 6) is -0.611. The van der Waals surface area contributed by atoms with Gasteiger partial charge in [-0.15, -0.1) is 0 Å². The Balaban J connectivity index is 1.35. The standard InChI is InChI=1S/C30H43N7O3Si/c1-20-6-9-26(22-7-8-23-18-35(2)11-10-21(23)14-22)36(17-20)30(39)29(38)34-25-16-32-28(31)24-15-33-37(27(24)25)19-40-12-13-41(3,4)5/h7-8,14-16,20,26H,6,9-13,17-19H2,1-5H3,(H2,31,32)(H,34,38)/t20-,26+/m0/s1. The number of likely N-dealkylation sites (N-methyl/N-ethyl adjacent to an activating group) is 1. The van der Waals surface area contributed by atoms with Gasteiger partial charge >= 0.3 is 11.8 Å². The number of nitrogens with two attached hydrogens (primary N) is 1. The maximum Gasteiger partial charge on any atom is 0.314 e. The van der Waals surface area contributed by atoms with Gasteiger partial charge in [-0.05, 0) is 55.0 Å². The number of ether oxygens (including phenoxy) is 1. The molecule has 0 bridgehead atoms. The molecule has 1 fully saturated rings. The zero-order chi connectivity index (χ0) is 29.3. The Morgan fingerprint density at radius 3 is 2.76 bits per heavy atom. The lowest BCUT2D eigenvalue weighted by atomic mass is 9.87. The minimum atomic E-state index is -1.24. The van der Waals surface area contributed by atoms with Crippen LogP contribution < -0.4 is 11.1 Å². The van der Waals surface area contributed by atoms with Gasteiger partial charge in [0.25, 0.3) is 0 Å². The minimum Gasteiger partial charge on any atom is -0.383 e. The van der Waals surface area contributed by atoms with E-state index in [1.165, 1.54) is 17.3 Å². The number of nitrogens with one attached hydrogen (secondary N) is 1. The van der Waals surface area contributed by atoms with Gasteiger partial charge in [0.2, 0.25) is 0 Å². The molecular formula is C30H43N7O3Si.